The van der Waals surface area contributed by atoms with Crippen molar-refractivity contribution in [3.63, 3.8) is 0 Å². The van der Waals surface area contributed by atoms with Gasteiger partial charge in [0, 0.05) is 68.2 Å². The van der Waals surface area contributed by atoms with Gasteiger partial charge < -0.3 is 15.4 Å². The molecule has 0 spiro atoms. The number of piperazine rings is 1. The highest BCUT2D eigenvalue weighted by Gasteiger charge is 2.46. The fraction of sp³-hybridized carbons (Fsp3) is 0.385. The molecule has 0 saturated carbocycles. The number of benzene rings is 2. The number of amides is 3. The molecule has 2 fully saturated rings. The number of fused-ring (bicyclic) bond motifs is 1. The van der Waals surface area contributed by atoms with Crippen LogP contribution in [0.1, 0.15) is 52.9 Å². The van der Waals surface area contributed by atoms with Gasteiger partial charge in [-0.3, -0.25) is 29.1 Å². The van der Waals surface area contributed by atoms with Gasteiger partial charge in [-0.25, -0.2) is 14.6 Å². The van der Waals surface area contributed by atoms with Gasteiger partial charge >= 0.3 is 6.18 Å². The second kappa shape index (κ2) is 15.7. The van der Waals surface area contributed by atoms with Crippen LogP contribution in [0, 0.1) is 6.92 Å². The third kappa shape index (κ3) is 7.74. The summed E-state index contributed by atoms with van der Waals surface area (Å²) in [7, 11) is 0. The van der Waals surface area contributed by atoms with E-state index in [0.29, 0.717) is 58.2 Å². The highest BCUT2D eigenvalue weighted by atomic mass is 19.4. The fourth-order valence-corrected chi connectivity index (χ4v) is 7.40. The van der Waals surface area contributed by atoms with Crippen LogP contribution in [-0.4, -0.2) is 112 Å². The number of aromatic nitrogens is 4. The first-order valence-corrected chi connectivity index (χ1v) is 18.2. The molecule has 2 aromatic heterocycles. The smallest absolute Gasteiger partial charge is 0.378 e. The monoisotopic (exact) mass is 757 g/mol. The summed E-state index contributed by atoms with van der Waals surface area (Å²) in [5.41, 5.74) is 2.24. The summed E-state index contributed by atoms with van der Waals surface area (Å²) in [4.78, 5) is 55.2. The Morgan fingerprint density at radius 1 is 1.02 bits per heavy atom. The summed E-state index contributed by atoms with van der Waals surface area (Å²) in [6, 6.07) is 16.1. The first-order valence-electron chi connectivity index (χ1n) is 18.2. The minimum Gasteiger partial charge on any atom is -0.378 e. The average Bonchev–Trinajstić information content (AvgIpc) is 3.50. The SMILES string of the molecule is C/C=C(\CN1CCN(C2COC2)CC1)C(=O)Nc1cccc([C@@H]2c3c(C)nn(-c4ccccc4)c3N(CC)C(=O)[C@H]2NC(=O)c2nccc(C(F)(F)F)n2)c1. The number of nitrogens with one attached hydrogen (secondary N) is 2. The average molecular weight is 758 g/mol. The maximum Gasteiger partial charge on any atom is 0.433 e. The maximum atomic E-state index is 14.5. The Hall–Kier alpha value is -5.45. The summed E-state index contributed by atoms with van der Waals surface area (Å²) < 4.78 is 47.6. The molecule has 2 aromatic carbocycles. The Kier molecular flexibility index (Phi) is 10.8. The number of allylic oxidation sites excluding steroid dienone is 1. The van der Waals surface area contributed by atoms with E-state index in [4.69, 9.17) is 9.84 Å². The molecular formula is C39H42F3N9O4. The van der Waals surface area contributed by atoms with Crippen molar-refractivity contribution in [1.82, 2.24) is 34.9 Å². The van der Waals surface area contributed by atoms with Gasteiger partial charge in [-0.15, -0.1) is 0 Å². The van der Waals surface area contributed by atoms with E-state index in [-0.39, 0.29) is 12.5 Å². The molecule has 4 aromatic rings. The Balaban J connectivity index is 1.21. The minimum atomic E-state index is -4.81. The van der Waals surface area contributed by atoms with Crippen molar-refractivity contribution < 1.29 is 32.3 Å². The van der Waals surface area contributed by atoms with Gasteiger partial charge in [0.25, 0.3) is 17.7 Å². The van der Waals surface area contributed by atoms with E-state index in [1.807, 2.05) is 37.3 Å². The minimum absolute atomic E-state index is 0.204. The molecule has 2 saturated heterocycles. The molecule has 55 heavy (non-hydrogen) atoms. The van der Waals surface area contributed by atoms with Gasteiger partial charge in [-0.1, -0.05) is 36.4 Å². The van der Waals surface area contributed by atoms with Crippen LogP contribution in [-0.2, 0) is 20.5 Å². The first-order chi connectivity index (χ1) is 26.5. The Morgan fingerprint density at radius 2 is 1.76 bits per heavy atom. The van der Waals surface area contributed by atoms with E-state index in [0.717, 1.165) is 45.6 Å². The topological polar surface area (TPSA) is 138 Å². The number of hydrogen-bond donors (Lipinski definition) is 2. The number of ether oxygens (including phenoxy) is 1. The van der Waals surface area contributed by atoms with E-state index < -0.39 is 41.5 Å². The summed E-state index contributed by atoms with van der Waals surface area (Å²) in [5, 5.41) is 10.5. The molecular weight excluding hydrogens is 715 g/mol. The molecule has 13 nitrogen and oxygen atoms in total. The molecule has 0 radical (unpaired) electrons. The molecule has 5 heterocycles. The van der Waals surface area contributed by atoms with E-state index in [1.54, 1.807) is 48.9 Å². The third-order valence-corrected chi connectivity index (χ3v) is 10.3. The van der Waals surface area contributed by atoms with Gasteiger partial charge in [0.1, 0.15) is 17.6 Å². The van der Waals surface area contributed by atoms with Crippen LogP contribution >= 0.6 is 0 Å². The summed E-state index contributed by atoms with van der Waals surface area (Å²) in [6.07, 6.45) is -2.15. The van der Waals surface area contributed by atoms with Crippen molar-refractivity contribution in [2.24, 2.45) is 0 Å². The second-order valence-electron chi connectivity index (χ2n) is 13.7. The lowest BCUT2D eigenvalue weighted by molar-refractivity contribution is -0.141. The van der Waals surface area contributed by atoms with Gasteiger partial charge in [0.15, 0.2) is 0 Å². The van der Waals surface area contributed by atoms with Crippen molar-refractivity contribution in [1.29, 1.82) is 0 Å². The standard InChI is InChI=1S/C39H42F3N9O4/c1-4-25(21-48-16-18-49(19-17-48)29-22-55-23-29)35(52)44-27-11-9-10-26(20-27)32-31-24(3)47-51(28-12-7-6-8-13-28)37(31)50(5-2)38(54)33(32)46-36(53)34-43-15-14-30(45-34)39(40,41)42/h4,6-15,20,29,32-33H,5,16-19,21-23H2,1-3H3,(H,44,52)(H,46,53)/b25-4+/t32-,33+/m1/s1. The van der Waals surface area contributed by atoms with Gasteiger partial charge in [-0.2, -0.15) is 18.3 Å². The molecule has 16 heteroatoms. The van der Waals surface area contributed by atoms with Crippen LogP contribution < -0.4 is 15.5 Å². The molecule has 288 valence electrons. The van der Waals surface area contributed by atoms with Crippen LogP contribution in [0.4, 0.5) is 24.7 Å². The van der Waals surface area contributed by atoms with Crippen LogP contribution in [0.5, 0.6) is 0 Å². The van der Waals surface area contributed by atoms with E-state index in [1.165, 1.54) is 4.90 Å². The van der Waals surface area contributed by atoms with Crippen molar-refractivity contribution in [3.05, 3.63) is 107 Å². The molecule has 2 atom stereocenters. The number of aryl methyl sites for hydroxylation is 1. The normalized spacial score (nSPS) is 19.9. The van der Waals surface area contributed by atoms with E-state index in [2.05, 4.69) is 30.4 Å². The number of rotatable bonds is 10. The van der Waals surface area contributed by atoms with Crippen LogP contribution in [0.2, 0.25) is 0 Å². The van der Waals surface area contributed by atoms with Gasteiger partial charge in [0.05, 0.1) is 30.6 Å². The lowest BCUT2D eigenvalue weighted by atomic mass is 9.81. The molecule has 3 aliphatic rings. The summed E-state index contributed by atoms with van der Waals surface area (Å²) in [6.45, 7) is 11.1. The third-order valence-electron chi connectivity index (χ3n) is 10.3. The number of anilines is 2. The molecule has 0 bridgehead atoms. The first kappa shape index (κ1) is 37.8. The molecule has 3 aliphatic heterocycles. The number of halogens is 3. The van der Waals surface area contributed by atoms with Crippen LogP contribution in [0.3, 0.4) is 0 Å². The zero-order chi connectivity index (χ0) is 38.9. The van der Waals surface area contributed by atoms with E-state index >= 15 is 0 Å². The number of hydrogen-bond acceptors (Lipinski definition) is 9. The van der Waals surface area contributed by atoms with Crippen molar-refractivity contribution in [2.75, 3.05) is 62.7 Å². The lowest BCUT2D eigenvalue weighted by Gasteiger charge is -2.42. The second-order valence-corrected chi connectivity index (χ2v) is 13.7. The predicted molar refractivity (Wildman–Crippen MR) is 198 cm³/mol. The number of carbonyl (C=O) groups excluding carboxylic acids is 3. The molecule has 0 unspecified atom stereocenters. The number of alkyl halides is 3. The zero-order valence-corrected chi connectivity index (χ0v) is 30.7. The molecule has 3 amide bonds. The van der Waals surface area contributed by atoms with Gasteiger partial charge in [-0.05, 0) is 56.7 Å². The van der Waals surface area contributed by atoms with Crippen molar-refractivity contribution in [2.45, 2.75) is 44.9 Å². The molecule has 2 N–H and O–H groups in total. The van der Waals surface area contributed by atoms with Crippen LogP contribution in [0.25, 0.3) is 5.69 Å². The largest absolute Gasteiger partial charge is 0.433 e. The highest BCUT2D eigenvalue weighted by Crippen LogP contribution is 2.44. The Bertz CT molecular complexity index is 2090. The zero-order valence-electron chi connectivity index (χ0n) is 30.7. The number of para-hydroxylation sites is 1. The Labute approximate surface area is 316 Å². The van der Waals surface area contributed by atoms with Crippen molar-refractivity contribution >= 4 is 29.2 Å². The Morgan fingerprint density at radius 3 is 2.42 bits per heavy atom. The molecule has 0 aliphatic carbocycles. The summed E-state index contributed by atoms with van der Waals surface area (Å²) in [5.74, 6) is -2.93. The lowest BCUT2D eigenvalue weighted by Crippen LogP contribution is -2.56. The highest BCUT2D eigenvalue weighted by molar-refractivity contribution is 6.05. The number of likely N-dealkylation sites (N-methyl/N-ethyl adjacent to an activating group) is 1. The van der Waals surface area contributed by atoms with Crippen LogP contribution in [0.15, 0.2) is 78.5 Å². The predicted octanol–water partition coefficient (Wildman–Crippen LogP) is 4.19. The number of nitrogens with zero attached hydrogens (tertiary/aromatic N) is 7. The van der Waals surface area contributed by atoms with Gasteiger partial charge in [0.2, 0.25) is 5.82 Å². The van der Waals surface area contributed by atoms with E-state index in [9.17, 15) is 27.6 Å². The fourth-order valence-electron chi connectivity index (χ4n) is 7.40. The quantitative estimate of drug-likeness (QED) is 0.228. The van der Waals surface area contributed by atoms with Crippen molar-refractivity contribution in [3.8, 4) is 5.69 Å². The molecule has 7 rings (SSSR count). The summed E-state index contributed by atoms with van der Waals surface area (Å²) >= 11 is 0. The number of carbonyl (C=O) groups is 3. The maximum absolute atomic E-state index is 14.5.